The van der Waals surface area contributed by atoms with E-state index in [-0.39, 0.29) is 23.8 Å². The second kappa shape index (κ2) is 9.22. The smallest absolute Gasteiger partial charge is 0.225 e. The topological polar surface area (TPSA) is 76.5 Å². The van der Waals surface area contributed by atoms with Crippen molar-refractivity contribution in [1.82, 2.24) is 20.0 Å². The lowest BCUT2D eigenvalue weighted by Crippen LogP contribution is -2.49. The Morgan fingerprint density at radius 2 is 2.00 bits per heavy atom. The van der Waals surface area contributed by atoms with Crippen LogP contribution in [0.2, 0.25) is 0 Å². The molecule has 7 heteroatoms. The fourth-order valence-corrected chi connectivity index (χ4v) is 4.00. The van der Waals surface area contributed by atoms with Crippen LogP contribution in [-0.2, 0) is 27.9 Å². The van der Waals surface area contributed by atoms with Crippen LogP contribution < -0.4 is 5.32 Å². The van der Waals surface area contributed by atoms with Gasteiger partial charge < -0.3 is 15.0 Å². The summed E-state index contributed by atoms with van der Waals surface area (Å²) in [5.74, 6) is -0.273. The predicted molar refractivity (Wildman–Crippen MR) is 110 cm³/mol. The van der Waals surface area contributed by atoms with Gasteiger partial charge in [0.25, 0.3) is 0 Å². The van der Waals surface area contributed by atoms with E-state index in [0.29, 0.717) is 32.5 Å². The number of aryl methyl sites for hydroxylation is 3. The normalized spacial score (nSPS) is 19.4. The molecule has 2 amide bonds. The summed E-state index contributed by atoms with van der Waals surface area (Å²) in [6.07, 6.45) is 0.909. The first-order valence-corrected chi connectivity index (χ1v) is 10.0. The molecule has 1 aromatic heterocycles. The Morgan fingerprint density at radius 3 is 2.62 bits per heavy atom. The first kappa shape index (κ1) is 21.0. The van der Waals surface area contributed by atoms with Gasteiger partial charge in [0.1, 0.15) is 0 Å². The number of carbonyl (C=O) groups is 2. The monoisotopic (exact) mass is 398 g/mol. The van der Waals surface area contributed by atoms with E-state index in [1.54, 1.807) is 16.7 Å². The molecule has 7 nitrogen and oxygen atoms in total. The Morgan fingerprint density at radius 1 is 1.28 bits per heavy atom. The lowest BCUT2D eigenvalue weighted by molar-refractivity contribution is -0.144. The molecule has 0 radical (unpaired) electrons. The molecule has 3 rings (SSSR count). The van der Waals surface area contributed by atoms with Crippen molar-refractivity contribution in [2.75, 3.05) is 20.3 Å². The van der Waals surface area contributed by atoms with Gasteiger partial charge in [-0.25, -0.2) is 0 Å². The predicted octanol–water partition coefficient (Wildman–Crippen LogP) is 2.28. The van der Waals surface area contributed by atoms with Gasteiger partial charge >= 0.3 is 0 Å². The van der Waals surface area contributed by atoms with Crippen LogP contribution in [0.25, 0.3) is 0 Å². The molecule has 0 bridgehead atoms. The van der Waals surface area contributed by atoms with Crippen molar-refractivity contribution in [2.45, 2.75) is 39.3 Å². The fraction of sp³-hybridized carbons (Fsp3) is 0.500. The van der Waals surface area contributed by atoms with Crippen LogP contribution in [0.5, 0.6) is 0 Å². The van der Waals surface area contributed by atoms with E-state index in [2.05, 4.69) is 10.4 Å². The molecule has 0 spiro atoms. The standard InChI is InChI=1S/C22H30N4O3/c1-15-5-7-17(8-6-15)21-19(9-10-20(27)26(21)11-12-29-4)22(28)23-14-18-13-16(2)24-25(18)3/h5-8,13,19,21H,9-12,14H2,1-4H3,(H,23,28). The highest BCUT2D eigenvalue weighted by Gasteiger charge is 2.40. The molecule has 1 aliphatic heterocycles. The quantitative estimate of drug-likeness (QED) is 0.776. The molecule has 1 fully saturated rings. The van der Waals surface area contributed by atoms with Crippen molar-refractivity contribution < 1.29 is 14.3 Å². The molecule has 2 unspecified atom stereocenters. The van der Waals surface area contributed by atoms with Crippen molar-refractivity contribution in [2.24, 2.45) is 13.0 Å². The van der Waals surface area contributed by atoms with E-state index in [1.165, 1.54) is 0 Å². The summed E-state index contributed by atoms with van der Waals surface area (Å²) in [6.45, 7) is 5.28. The Balaban J connectivity index is 1.83. The number of hydrogen-bond acceptors (Lipinski definition) is 4. The zero-order chi connectivity index (χ0) is 21.0. The Bertz CT molecular complexity index is 859. The van der Waals surface area contributed by atoms with Crippen LogP contribution in [0, 0.1) is 19.8 Å². The number of rotatable bonds is 7. The van der Waals surface area contributed by atoms with Gasteiger partial charge in [-0.05, 0) is 31.9 Å². The van der Waals surface area contributed by atoms with E-state index in [1.807, 2.05) is 51.2 Å². The van der Waals surface area contributed by atoms with Gasteiger partial charge in [-0.1, -0.05) is 29.8 Å². The summed E-state index contributed by atoms with van der Waals surface area (Å²) in [7, 11) is 3.49. The van der Waals surface area contributed by atoms with E-state index >= 15 is 0 Å². The van der Waals surface area contributed by atoms with Gasteiger partial charge in [-0.2, -0.15) is 5.10 Å². The Labute approximate surface area is 172 Å². The van der Waals surface area contributed by atoms with Gasteiger partial charge in [0.05, 0.1) is 36.5 Å². The fourth-order valence-electron chi connectivity index (χ4n) is 4.00. The molecule has 2 aromatic rings. The molecule has 1 N–H and O–H groups in total. The highest BCUT2D eigenvalue weighted by molar-refractivity contribution is 5.85. The average Bonchev–Trinajstić information content (AvgIpc) is 3.02. The number of nitrogens with one attached hydrogen (secondary N) is 1. The van der Waals surface area contributed by atoms with Crippen LogP contribution in [0.4, 0.5) is 0 Å². The van der Waals surface area contributed by atoms with Crippen molar-refractivity contribution in [3.05, 3.63) is 52.8 Å². The minimum atomic E-state index is -0.304. The second-order valence-electron chi connectivity index (χ2n) is 7.70. The van der Waals surface area contributed by atoms with Crippen molar-refractivity contribution >= 4 is 11.8 Å². The Kier molecular flexibility index (Phi) is 6.69. The van der Waals surface area contributed by atoms with Crippen LogP contribution >= 0.6 is 0 Å². The zero-order valence-electron chi connectivity index (χ0n) is 17.6. The summed E-state index contributed by atoms with van der Waals surface area (Å²) in [6, 6.07) is 9.76. The number of nitrogens with zero attached hydrogens (tertiary/aromatic N) is 3. The third-order valence-electron chi connectivity index (χ3n) is 5.54. The third kappa shape index (κ3) is 4.85. The van der Waals surface area contributed by atoms with E-state index in [9.17, 15) is 9.59 Å². The molecular formula is C22H30N4O3. The molecule has 0 aliphatic carbocycles. The maximum Gasteiger partial charge on any atom is 0.225 e. The number of piperidine rings is 1. The summed E-state index contributed by atoms with van der Waals surface area (Å²) >= 11 is 0. The number of ether oxygens (including phenoxy) is 1. The van der Waals surface area contributed by atoms with E-state index < -0.39 is 0 Å². The van der Waals surface area contributed by atoms with Crippen LogP contribution in [-0.4, -0.2) is 46.8 Å². The number of methoxy groups -OCH3 is 1. The van der Waals surface area contributed by atoms with E-state index in [0.717, 1.165) is 22.5 Å². The van der Waals surface area contributed by atoms with Crippen LogP contribution in [0.3, 0.4) is 0 Å². The van der Waals surface area contributed by atoms with Crippen molar-refractivity contribution in [1.29, 1.82) is 0 Å². The molecule has 2 atom stereocenters. The number of hydrogen-bond donors (Lipinski definition) is 1. The number of benzene rings is 1. The number of amides is 2. The van der Waals surface area contributed by atoms with Crippen LogP contribution in [0.15, 0.2) is 30.3 Å². The highest BCUT2D eigenvalue weighted by Crippen LogP contribution is 2.37. The zero-order valence-corrected chi connectivity index (χ0v) is 17.6. The van der Waals surface area contributed by atoms with Crippen molar-refractivity contribution in [3.63, 3.8) is 0 Å². The summed E-state index contributed by atoms with van der Waals surface area (Å²) in [5, 5.41) is 7.38. The minimum Gasteiger partial charge on any atom is -0.383 e. The van der Waals surface area contributed by atoms with Crippen LogP contribution in [0.1, 0.15) is 41.4 Å². The minimum absolute atomic E-state index is 0.0376. The molecule has 1 aromatic carbocycles. The summed E-state index contributed by atoms with van der Waals surface area (Å²) in [5.41, 5.74) is 4.00. The molecule has 2 heterocycles. The summed E-state index contributed by atoms with van der Waals surface area (Å²) in [4.78, 5) is 27.6. The first-order chi connectivity index (χ1) is 13.9. The molecule has 1 saturated heterocycles. The van der Waals surface area contributed by atoms with Crippen molar-refractivity contribution in [3.8, 4) is 0 Å². The second-order valence-corrected chi connectivity index (χ2v) is 7.70. The number of likely N-dealkylation sites (tertiary alicyclic amines) is 1. The largest absolute Gasteiger partial charge is 0.383 e. The molecular weight excluding hydrogens is 368 g/mol. The first-order valence-electron chi connectivity index (χ1n) is 10.0. The molecule has 1 aliphatic rings. The maximum absolute atomic E-state index is 13.2. The van der Waals surface area contributed by atoms with Gasteiger partial charge in [0, 0.05) is 27.1 Å². The number of carbonyl (C=O) groups excluding carboxylic acids is 2. The van der Waals surface area contributed by atoms with E-state index in [4.69, 9.17) is 4.74 Å². The third-order valence-corrected chi connectivity index (χ3v) is 5.54. The van der Waals surface area contributed by atoms with Gasteiger partial charge in [-0.15, -0.1) is 0 Å². The lowest BCUT2D eigenvalue weighted by atomic mass is 9.83. The highest BCUT2D eigenvalue weighted by atomic mass is 16.5. The SMILES string of the molecule is COCCN1C(=O)CCC(C(=O)NCc2cc(C)nn2C)C1c1ccc(C)cc1. The van der Waals surface area contributed by atoms with Gasteiger partial charge in [0.15, 0.2) is 0 Å². The molecule has 0 saturated carbocycles. The molecule has 29 heavy (non-hydrogen) atoms. The van der Waals surface area contributed by atoms with Gasteiger partial charge in [-0.3, -0.25) is 14.3 Å². The molecule has 156 valence electrons. The summed E-state index contributed by atoms with van der Waals surface area (Å²) < 4.78 is 6.99. The lowest BCUT2D eigenvalue weighted by Gasteiger charge is -2.40. The van der Waals surface area contributed by atoms with Gasteiger partial charge in [0.2, 0.25) is 11.8 Å². The number of aromatic nitrogens is 2. The maximum atomic E-state index is 13.2. The Hall–Kier alpha value is -2.67. The average molecular weight is 399 g/mol.